The molecule has 1 rings (SSSR count). The number of ether oxygens (including phenoxy) is 1. The van der Waals surface area contributed by atoms with E-state index in [9.17, 15) is 0 Å². The number of rotatable bonds is 5. The minimum absolute atomic E-state index is 0.228. The van der Waals surface area contributed by atoms with Gasteiger partial charge in [-0.2, -0.15) is 0 Å². The van der Waals surface area contributed by atoms with Crippen LogP contribution in [-0.4, -0.2) is 26.9 Å². The molecule has 0 aromatic heterocycles. The molecular formula is C12H20N2O. The predicted molar refractivity (Wildman–Crippen MR) is 64.5 cm³/mol. The molecule has 3 nitrogen and oxygen atoms in total. The minimum Gasteiger partial charge on any atom is -0.491 e. The Morgan fingerprint density at radius 2 is 1.87 bits per heavy atom. The first kappa shape index (κ1) is 11.9. The summed E-state index contributed by atoms with van der Waals surface area (Å²) in [5.41, 5.74) is 1.18. The minimum atomic E-state index is 0.228. The molecular weight excluding hydrogens is 188 g/mol. The van der Waals surface area contributed by atoms with Crippen molar-refractivity contribution >= 4 is 5.69 Å². The molecule has 0 saturated carbocycles. The van der Waals surface area contributed by atoms with Crippen LogP contribution in [-0.2, 0) is 0 Å². The van der Waals surface area contributed by atoms with E-state index in [1.807, 2.05) is 33.0 Å². The van der Waals surface area contributed by atoms with Crippen molar-refractivity contribution in [2.75, 3.05) is 25.7 Å². The molecule has 0 unspecified atom stereocenters. The lowest BCUT2D eigenvalue weighted by molar-refractivity contribution is 0.242. The third-order valence-corrected chi connectivity index (χ3v) is 2.04. The van der Waals surface area contributed by atoms with Gasteiger partial charge in [0.15, 0.2) is 0 Å². The molecule has 0 saturated heterocycles. The fraction of sp³-hybridized carbons (Fsp3) is 0.500. The first-order valence-electron chi connectivity index (χ1n) is 5.26. The lowest BCUT2D eigenvalue weighted by Crippen LogP contribution is -2.28. The summed E-state index contributed by atoms with van der Waals surface area (Å²) in [6.07, 6.45) is 0.228. The number of benzene rings is 1. The summed E-state index contributed by atoms with van der Waals surface area (Å²) in [7, 11) is 3.99. The molecule has 15 heavy (non-hydrogen) atoms. The van der Waals surface area contributed by atoms with Crippen LogP contribution in [0.15, 0.2) is 24.3 Å². The second-order valence-corrected chi connectivity index (χ2v) is 3.87. The van der Waals surface area contributed by atoms with Crippen molar-refractivity contribution in [3.05, 3.63) is 24.3 Å². The molecule has 0 bridgehead atoms. The van der Waals surface area contributed by atoms with E-state index in [2.05, 4.69) is 29.4 Å². The van der Waals surface area contributed by atoms with Crippen molar-refractivity contribution in [1.29, 1.82) is 0 Å². The van der Waals surface area contributed by atoms with Crippen molar-refractivity contribution in [1.82, 2.24) is 5.32 Å². The van der Waals surface area contributed by atoms with Crippen LogP contribution in [0, 0.1) is 0 Å². The van der Waals surface area contributed by atoms with Crippen LogP contribution in [0.25, 0.3) is 0 Å². The Balaban J connectivity index is 2.63. The monoisotopic (exact) mass is 208 g/mol. The van der Waals surface area contributed by atoms with Crippen molar-refractivity contribution in [3.63, 3.8) is 0 Å². The summed E-state index contributed by atoms with van der Waals surface area (Å²) in [4.78, 5) is 2.14. The third-order valence-electron chi connectivity index (χ3n) is 2.04. The van der Waals surface area contributed by atoms with Crippen molar-refractivity contribution in [2.24, 2.45) is 0 Å². The standard InChI is InChI=1S/C12H20N2O/c1-10(2)15-12-7-5-11(6-8-12)14(4)9-13-3/h5-8,10,13H,9H2,1-4H3. The molecule has 0 aliphatic rings. The average molecular weight is 208 g/mol. The highest BCUT2D eigenvalue weighted by Crippen LogP contribution is 2.18. The first-order valence-corrected chi connectivity index (χ1v) is 5.26. The van der Waals surface area contributed by atoms with Gasteiger partial charge in [-0.15, -0.1) is 0 Å². The molecule has 0 heterocycles. The third kappa shape index (κ3) is 3.80. The van der Waals surface area contributed by atoms with Crippen LogP contribution in [0.2, 0.25) is 0 Å². The molecule has 1 aromatic carbocycles. The molecule has 84 valence electrons. The lowest BCUT2D eigenvalue weighted by atomic mass is 10.3. The molecule has 0 amide bonds. The molecule has 1 N–H and O–H groups in total. The highest BCUT2D eigenvalue weighted by atomic mass is 16.5. The smallest absolute Gasteiger partial charge is 0.119 e. The maximum atomic E-state index is 5.57. The zero-order valence-corrected chi connectivity index (χ0v) is 9.95. The topological polar surface area (TPSA) is 24.5 Å². The SMILES string of the molecule is CNCN(C)c1ccc(OC(C)C)cc1. The lowest BCUT2D eigenvalue weighted by Gasteiger charge is -2.19. The highest BCUT2D eigenvalue weighted by molar-refractivity contribution is 5.48. The Bertz CT molecular complexity index is 282. The maximum absolute atomic E-state index is 5.57. The Kier molecular flexibility index (Phi) is 4.43. The molecule has 0 spiro atoms. The van der Waals surface area contributed by atoms with Gasteiger partial charge in [0.1, 0.15) is 5.75 Å². The second-order valence-electron chi connectivity index (χ2n) is 3.87. The van der Waals surface area contributed by atoms with E-state index >= 15 is 0 Å². The Hall–Kier alpha value is -1.22. The number of hydrogen-bond acceptors (Lipinski definition) is 3. The first-order chi connectivity index (χ1) is 7.13. The van der Waals surface area contributed by atoms with Gasteiger partial charge in [0.05, 0.1) is 12.8 Å². The Morgan fingerprint density at radius 1 is 1.27 bits per heavy atom. The summed E-state index contributed by atoms with van der Waals surface area (Å²) in [6, 6.07) is 8.13. The van der Waals surface area contributed by atoms with Crippen molar-refractivity contribution < 1.29 is 4.74 Å². The van der Waals surface area contributed by atoms with Crippen molar-refractivity contribution in [2.45, 2.75) is 20.0 Å². The molecule has 0 atom stereocenters. The van der Waals surface area contributed by atoms with E-state index in [0.29, 0.717) is 0 Å². The normalized spacial score (nSPS) is 10.5. The number of nitrogens with zero attached hydrogens (tertiary/aromatic N) is 1. The van der Waals surface area contributed by atoms with Gasteiger partial charge in [0.2, 0.25) is 0 Å². The Morgan fingerprint density at radius 3 is 2.33 bits per heavy atom. The summed E-state index contributed by atoms with van der Waals surface area (Å²) in [5, 5.41) is 3.11. The number of anilines is 1. The fourth-order valence-corrected chi connectivity index (χ4v) is 1.38. The number of hydrogen-bond donors (Lipinski definition) is 1. The van der Waals surface area contributed by atoms with E-state index < -0.39 is 0 Å². The summed E-state index contributed by atoms with van der Waals surface area (Å²) < 4.78 is 5.57. The van der Waals surface area contributed by atoms with Gasteiger partial charge in [-0.05, 0) is 45.2 Å². The highest BCUT2D eigenvalue weighted by Gasteiger charge is 2.00. The largest absolute Gasteiger partial charge is 0.491 e. The van der Waals surface area contributed by atoms with Crippen LogP contribution in [0.5, 0.6) is 5.75 Å². The quantitative estimate of drug-likeness (QED) is 0.750. The van der Waals surface area contributed by atoms with Crippen LogP contribution < -0.4 is 15.0 Å². The molecule has 3 heteroatoms. The van der Waals surface area contributed by atoms with Crippen LogP contribution >= 0.6 is 0 Å². The molecule has 0 radical (unpaired) electrons. The van der Waals surface area contributed by atoms with E-state index in [1.54, 1.807) is 0 Å². The predicted octanol–water partition coefficient (Wildman–Crippen LogP) is 2.09. The van der Waals surface area contributed by atoms with Gasteiger partial charge in [0.25, 0.3) is 0 Å². The molecule has 0 aliphatic carbocycles. The molecule has 0 fully saturated rings. The Labute approximate surface area is 92.0 Å². The maximum Gasteiger partial charge on any atom is 0.119 e. The van der Waals surface area contributed by atoms with Gasteiger partial charge in [0, 0.05) is 12.7 Å². The van der Waals surface area contributed by atoms with Crippen LogP contribution in [0.1, 0.15) is 13.8 Å². The van der Waals surface area contributed by atoms with Crippen LogP contribution in [0.3, 0.4) is 0 Å². The number of nitrogens with one attached hydrogen (secondary N) is 1. The van der Waals surface area contributed by atoms with Gasteiger partial charge in [-0.1, -0.05) is 0 Å². The van der Waals surface area contributed by atoms with Gasteiger partial charge < -0.3 is 15.0 Å². The summed E-state index contributed by atoms with van der Waals surface area (Å²) in [6.45, 7) is 4.90. The summed E-state index contributed by atoms with van der Waals surface area (Å²) in [5.74, 6) is 0.923. The fourth-order valence-electron chi connectivity index (χ4n) is 1.38. The molecule has 0 aliphatic heterocycles. The zero-order chi connectivity index (χ0) is 11.3. The second kappa shape index (κ2) is 5.61. The van der Waals surface area contributed by atoms with E-state index in [4.69, 9.17) is 4.74 Å². The van der Waals surface area contributed by atoms with Gasteiger partial charge in [-0.25, -0.2) is 0 Å². The molecule has 1 aromatic rings. The van der Waals surface area contributed by atoms with Crippen LogP contribution in [0.4, 0.5) is 5.69 Å². The zero-order valence-electron chi connectivity index (χ0n) is 9.95. The van der Waals surface area contributed by atoms with E-state index in [1.165, 1.54) is 5.69 Å². The average Bonchev–Trinajstić information content (AvgIpc) is 2.18. The van der Waals surface area contributed by atoms with E-state index in [-0.39, 0.29) is 6.10 Å². The van der Waals surface area contributed by atoms with Crippen molar-refractivity contribution in [3.8, 4) is 5.75 Å². The summed E-state index contributed by atoms with van der Waals surface area (Å²) >= 11 is 0. The van der Waals surface area contributed by atoms with Gasteiger partial charge >= 0.3 is 0 Å². The van der Waals surface area contributed by atoms with E-state index in [0.717, 1.165) is 12.4 Å². The van der Waals surface area contributed by atoms with Gasteiger partial charge in [-0.3, -0.25) is 0 Å².